The maximum absolute atomic E-state index is 6.35. The monoisotopic (exact) mass is 758 g/mol. The molecule has 59 heavy (non-hydrogen) atoms. The van der Waals surface area contributed by atoms with Gasteiger partial charge in [-0.25, -0.2) is 0 Å². The zero-order chi connectivity index (χ0) is 39.8. The van der Waals surface area contributed by atoms with Crippen molar-refractivity contribution < 1.29 is 4.42 Å². The van der Waals surface area contributed by atoms with E-state index in [9.17, 15) is 0 Å². The second kappa shape index (κ2) is 13.4. The Bertz CT molecular complexity index is 3330. The van der Waals surface area contributed by atoms with Gasteiger partial charge in [-0.3, -0.25) is 0 Å². The van der Waals surface area contributed by atoms with Crippen molar-refractivity contribution in [2.45, 2.75) is 26.2 Å². The number of aromatic nitrogens is 1. The van der Waals surface area contributed by atoms with Gasteiger partial charge in [0.25, 0.3) is 0 Å². The fourth-order valence-corrected chi connectivity index (χ4v) is 9.81. The molecule has 1 aliphatic rings. The van der Waals surface area contributed by atoms with Crippen molar-refractivity contribution in [1.29, 1.82) is 0 Å². The molecule has 282 valence electrons. The Balaban J connectivity index is 1.24. The lowest BCUT2D eigenvalue weighted by Gasteiger charge is -2.33. The average molecular weight is 759 g/mol. The van der Waals surface area contributed by atoms with E-state index < -0.39 is 0 Å². The van der Waals surface area contributed by atoms with Gasteiger partial charge in [0, 0.05) is 43.9 Å². The summed E-state index contributed by atoms with van der Waals surface area (Å²) in [5, 5.41) is 5.91. The molecule has 0 saturated carbocycles. The minimum absolute atomic E-state index is 0.280. The first-order valence-corrected chi connectivity index (χ1v) is 20.4. The van der Waals surface area contributed by atoms with E-state index >= 15 is 0 Å². The van der Waals surface area contributed by atoms with Crippen molar-refractivity contribution in [1.82, 2.24) is 4.57 Å². The summed E-state index contributed by atoms with van der Waals surface area (Å²) in [5.74, 6) is 0.773. The van der Waals surface area contributed by atoms with Crippen LogP contribution in [0.1, 0.15) is 43.2 Å². The Morgan fingerprint density at radius 2 is 1.34 bits per heavy atom. The molecule has 11 rings (SSSR count). The molecule has 0 amide bonds. The van der Waals surface area contributed by atoms with Crippen molar-refractivity contribution in [2.24, 2.45) is 0 Å². The first-order chi connectivity index (χ1) is 28.9. The summed E-state index contributed by atoms with van der Waals surface area (Å²) in [6, 6.07) is 62.3. The summed E-state index contributed by atoms with van der Waals surface area (Å²) in [7, 11) is 0. The Kier molecular flexibility index (Phi) is 7.89. The van der Waals surface area contributed by atoms with Gasteiger partial charge in [-0.2, -0.15) is 0 Å². The standard InChI is InChI=1S/C56H42N2O/c1-5-17-45-46-35-40(29-31-54(46)59-53(45)6-2)58(49-27-16-19-36-18-10-11-22-41(36)49)52-34-38(32-47-42-23-12-14-25-48(42)56(3,4)55(47)52)37-28-30-44-43-24-13-15-26-50(43)57(51(44)33-37)39-20-8-7-9-21-39/h5-35H,2H2,1,3-4H3/b17-5-. The molecule has 0 aliphatic heterocycles. The smallest absolute Gasteiger partial charge is 0.135 e. The van der Waals surface area contributed by atoms with E-state index in [4.69, 9.17) is 4.42 Å². The molecule has 0 radical (unpaired) electrons. The molecule has 2 aromatic heterocycles. The van der Waals surface area contributed by atoms with Gasteiger partial charge in [-0.15, -0.1) is 0 Å². The Morgan fingerprint density at radius 1 is 0.593 bits per heavy atom. The highest BCUT2D eigenvalue weighted by atomic mass is 16.3. The van der Waals surface area contributed by atoms with Gasteiger partial charge in [-0.05, 0) is 112 Å². The average Bonchev–Trinajstić information content (AvgIpc) is 3.88. The Morgan fingerprint density at radius 3 is 2.19 bits per heavy atom. The summed E-state index contributed by atoms with van der Waals surface area (Å²) in [4.78, 5) is 2.50. The second-order valence-electron chi connectivity index (χ2n) is 16.1. The molecule has 0 unspecified atom stereocenters. The van der Waals surface area contributed by atoms with Crippen molar-refractivity contribution in [2.75, 3.05) is 4.90 Å². The highest BCUT2D eigenvalue weighted by molar-refractivity contribution is 6.11. The van der Waals surface area contributed by atoms with Crippen LogP contribution in [-0.4, -0.2) is 4.57 Å². The highest BCUT2D eigenvalue weighted by Crippen LogP contribution is 2.56. The first kappa shape index (κ1) is 34.9. The lowest BCUT2D eigenvalue weighted by Crippen LogP contribution is -2.21. The van der Waals surface area contributed by atoms with Crippen LogP contribution < -0.4 is 4.90 Å². The number of furan rings is 1. The first-order valence-electron chi connectivity index (χ1n) is 20.4. The minimum atomic E-state index is -0.280. The molecule has 0 saturated heterocycles. The van der Waals surface area contributed by atoms with Crippen molar-refractivity contribution in [3.05, 3.63) is 205 Å². The SMILES string of the molecule is C=Cc1oc2ccc(N(c3cc(-c4ccc5c6ccccc6n(-c6ccccc6)c5c4)cc4c3C(C)(C)c3ccccc3-4)c3cccc4ccccc34)cc2c1/C=C\C. The topological polar surface area (TPSA) is 21.3 Å². The van der Waals surface area contributed by atoms with E-state index in [1.54, 1.807) is 0 Å². The normalized spacial score (nSPS) is 13.1. The number of fused-ring (bicyclic) bond motifs is 8. The van der Waals surface area contributed by atoms with Crippen LogP contribution in [0.3, 0.4) is 0 Å². The molecule has 0 atom stereocenters. The summed E-state index contributed by atoms with van der Waals surface area (Å²) < 4.78 is 8.76. The van der Waals surface area contributed by atoms with Crippen LogP contribution >= 0.6 is 0 Å². The van der Waals surface area contributed by atoms with Crippen molar-refractivity contribution in [3.8, 4) is 27.9 Å². The van der Waals surface area contributed by atoms with Crippen LogP contribution in [0.25, 0.3) is 83.6 Å². The fraction of sp³-hybridized carbons (Fsp3) is 0.0714. The third kappa shape index (κ3) is 5.28. The molecule has 0 spiro atoms. The lowest BCUT2D eigenvalue weighted by atomic mass is 9.80. The van der Waals surface area contributed by atoms with Crippen LogP contribution in [0.2, 0.25) is 0 Å². The van der Waals surface area contributed by atoms with Crippen molar-refractivity contribution in [3.63, 3.8) is 0 Å². The van der Waals surface area contributed by atoms with Gasteiger partial charge >= 0.3 is 0 Å². The molecule has 8 aromatic carbocycles. The van der Waals surface area contributed by atoms with Crippen LogP contribution in [0.4, 0.5) is 17.1 Å². The molecule has 2 heterocycles. The van der Waals surface area contributed by atoms with Gasteiger partial charge in [0.05, 0.1) is 22.4 Å². The largest absolute Gasteiger partial charge is 0.456 e. The van der Waals surface area contributed by atoms with Gasteiger partial charge in [-0.1, -0.05) is 142 Å². The van der Waals surface area contributed by atoms with Crippen LogP contribution in [0, 0.1) is 0 Å². The molecule has 0 N–H and O–H groups in total. The molecular formula is C56H42N2O. The van der Waals surface area contributed by atoms with E-state index in [0.717, 1.165) is 56.2 Å². The number of para-hydroxylation sites is 2. The fourth-order valence-electron chi connectivity index (χ4n) is 9.81. The van der Waals surface area contributed by atoms with Gasteiger partial charge < -0.3 is 13.9 Å². The number of allylic oxidation sites excluding steroid dienone is 1. The van der Waals surface area contributed by atoms with E-state index in [2.05, 4.69) is 212 Å². The number of hydrogen-bond donors (Lipinski definition) is 0. The lowest BCUT2D eigenvalue weighted by molar-refractivity contribution is 0.603. The number of anilines is 3. The van der Waals surface area contributed by atoms with E-state index in [-0.39, 0.29) is 5.41 Å². The van der Waals surface area contributed by atoms with Gasteiger partial charge in [0.2, 0.25) is 0 Å². The third-order valence-corrected chi connectivity index (χ3v) is 12.4. The molecule has 10 aromatic rings. The number of rotatable bonds is 7. The molecule has 3 heteroatoms. The molecular weight excluding hydrogens is 717 g/mol. The molecule has 1 aliphatic carbocycles. The van der Waals surface area contributed by atoms with Crippen LogP contribution in [-0.2, 0) is 5.41 Å². The molecule has 0 fully saturated rings. The number of hydrogen-bond acceptors (Lipinski definition) is 2. The van der Waals surface area contributed by atoms with Gasteiger partial charge in [0.15, 0.2) is 0 Å². The van der Waals surface area contributed by atoms with Crippen molar-refractivity contribution >= 4 is 72.8 Å². The quantitative estimate of drug-likeness (QED) is 0.161. The summed E-state index contributed by atoms with van der Waals surface area (Å²) in [6.07, 6.45) is 6.00. The zero-order valence-electron chi connectivity index (χ0n) is 33.4. The predicted octanol–water partition coefficient (Wildman–Crippen LogP) is 15.8. The molecule has 3 nitrogen and oxygen atoms in total. The predicted molar refractivity (Wildman–Crippen MR) is 251 cm³/mol. The number of nitrogens with zero attached hydrogens (tertiary/aromatic N) is 2. The maximum atomic E-state index is 6.35. The molecule has 0 bridgehead atoms. The van der Waals surface area contributed by atoms with E-state index in [0.29, 0.717) is 0 Å². The Hall–Kier alpha value is -7.36. The maximum Gasteiger partial charge on any atom is 0.135 e. The highest BCUT2D eigenvalue weighted by Gasteiger charge is 2.39. The second-order valence-corrected chi connectivity index (χ2v) is 16.1. The summed E-state index contributed by atoms with van der Waals surface area (Å²) in [6.45, 7) is 10.9. The number of benzene rings is 8. The third-order valence-electron chi connectivity index (χ3n) is 12.4. The van der Waals surface area contributed by atoms with Crippen LogP contribution in [0.5, 0.6) is 0 Å². The Labute approximate surface area is 344 Å². The van der Waals surface area contributed by atoms with Crippen LogP contribution in [0.15, 0.2) is 187 Å². The zero-order valence-corrected chi connectivity index (χ0v) is 33.4. The van der Waals surface area contributed by atoms with Gasteiger partial charge in [0.1, 0.15) is 11.3 Å². The summed E-state index contributed by atoms with van der Waals surface area (Å²) >= 11 is 0. The van der Waals surface area contributed by atoms with E-state index in [1.807, 2.05) is 13.0 Å². The summed E-state index contributed by atoms with van der Waals surface area (Å²) in [5.41, 5.74) is 16.0. The minimum Gasteiger partial charge on any atom is -0.456 e. The van der Waals surface area contributed by atoms with E-state index in [1.165, 1.54) is 54.8 Å².